The maximum atomic E-state index is 10.1. The van der Waals surface area contributed by atoms with Gasteiger partial charge in [-0.05, 0) is 52.5 Å². The number of benzene rings is 2. The van der Waals surface area contributed by atoms with E-state index >= 15 is 0 Å². The molecule has 0 heterocycles. The van der Waals surface area contributed by atoms with E-state index in [9.17, 15) is 5.11 Å². The second-order valence-corrected chi connectivity index (χ2v) is 5.60. The Balaban J connectivity index is 2.07. The van der Waals surface area contributed by atoms with Gasteiger partial charge in [0.05, 0.1) is 11.8 Å². The van der Waals surface area contributed by atoms with Crippen molar-refractivity contribution in [1.82, 2.24) is 0 Å². The zero-order valence-corrected chi connectivity index (χ0v) is 12.7. The van der Waals surface area contributed by atoms with Crippen molar-refractivity contribution in [1.29, 1.82) is 0 Å². The molecular weight excluding hydrogens is 302 g/mol. The van der Waals surface area contributed by atoms with Gasteiger partial charge in [0.1, 0.15) is 0 Å². The highest BCUT2D eigenvalue weighted by atomic mass is 79.9. The lowest BCUT2D eigenvalue weighted by Gasteiger charge is -2.16. The van der Waals surface area contributed by atoms with Crippen LogP contribution < -0.4 is 5.32 Å². The lowest BCUT2D eigenvalue weighted by molar-refractivity contribution is 0.191. The summed E-state index contributed by atoms with van der Waals surface area (Å²) in [5.74, 6) is 0. The van der Waals surface area contributed by atoms with Crippen LogP contribution in [0.15, 0.2) is 46.9 Å². The van der Waals surface area contributed by atoms with Crippen molar-refractivity contribution < 1.29 is 5.11 Å². The molecule has 1 atom stereocenters. The highest BCUT2D eigenvalue weighted by Crippen LogP contribution is 2.28. The van der Waals surface area contributed by atoms with Crippen molar-refractivity contribution in [3.63, 3.8) is 0 Å². The van der Waals surface area contributed by atoms with Gasteiger partial charge in [-0.2, -0.15) is 0 Å². The largest absolute Gasteiger partial charge is 0.387 e. The first-order chi connectivity index (χ1) is 9.08. The lowest BCUT2D eigenvalue weighted by atomic mass is 10.1. The Bertz CT molecular complexity index is 531. The van der Waals surface area contributed by atoms with E-state index in [0.29, 0.717) is 6.54 Å². The molecule has 2 nitrogen and oxygen atoms in total. The van der Waals surface area contributed by atoms with Crippen LogP contribution in [0.2, 0.25) is 0 Å². The van der Waals surface area contributed by atoms with E-state index < -0.39 is 6.10 Å². The van der Waals surface area contributed by atoms with Crippen LogP contribution in [-0.2, 0) is 0 Å². The van der Waals surface area contributed by atoms with Crippen LogP contribution in [0.4, 0.5) is 5.69 Å². The summed E-state index contributed by atoms with van der Waals surface area (Å²) in [5, 5.41) is 13.5. The minimum atomic E-state index is -0.506. The van der Waals surface area contributed by atoms with Gasteiger partial charge in [-0.25, -0.2) is 0 Å². The fourth-order valence-corrected chi connectivity index (χ4v) is 2.95. The maximum Gasteiger partial charge on any atom is 0.0962 e. The second-order valence-electron chi connectivity index (χ2n) is 4.75. The third-order valence-corrected chi connectivity index (χ3v) is 3.71. The summed E-state index contributed by atoms with van der Waals surface area (Å²) in [7, 11) is 0. The molecule has 19 heavy (non-hydrogen) atoms. The number of anilines is 1. The average molecular weight is 320 g/mol. The molecule has 0 saturated carbocycles. The molecule has 0 spiro atoms. The summed E-state index contributed by atoms with van der Waals surface area (Å²) in [6.07, 6.45) is -0.506. The van der Waals surface area contributed by atoms with Crippen molar-refractivity contribution in [2.75, 3.05) is 11.9 Å². The van der Waals surface area contributed by atoms with Gasteiger partial charge < -0.3 is 10.4 Å². The Kier molecular flexibility index (Phi) is 4.61. The van der Waals surface area contributed by atoms with E-state index in [4.69, 9.17) is 0 Å². The average Bonchev–Trinajstić information content (AvgIpc) is 2.38. The molecule has 100 valence electrons. The number of halogens is 1. The van der Waals surface area contributed by atoms with Gasteiger partial charge in [-0.15, -0.1) is 0 Å². The molecule has 0 aliphatic heterocycles. The van der Waals surface area contributed by atoms with Crippen molar-refractivity contribution in [2.24, 2.45) is 0 Å². The summed E-state index contributed by atoms with van der Waals surface area (Å²) < 4.78 is 1.03. The van der Waals surface area contributed by atoms with Crippen LogP contribution in [0.3, 0.4) is 0 Å². The van der Waals surface area contributed by atoms with E-state index in [1.54, 1.807) is 0 Å². The zero-order valence-electron chi connectivity index (χ0n) is 11.2. The predicted molar refractivity (Wildman–Crippen MR) is 83.5 cm³/mol. The predicted octanol–water partition coefficient (Wildman–Crippen LogP) is 4.21. The standard InChI is InChI=1S/C16H18BrNO/c1-11-8-12(2)16(14(17)9-11)18-10-15(19)13-6-4-3-5-7-13/h3-9,15,18-19H,10H2,1-2H3. The summed E-state index contributed by atoms with van der Waals surface area (Å²) in [6.45, 7) is 4.63. The minimum absolute atomic E-state index is 0.493. The Morgan fingerprint density at radius 1 is 1.16 bits per heavy atom. The molecule has 0 aliphatic carbocycles. The molecule has 0 amide bonds. The molecule has 0 aliphatic rings. The molecule has 3 heteroatoms. The number of hydrogen-bond donors (Lipinski definition) is 2. The monoisotopic (exact) mass is 319 g/mol. The molecular formula is C16H18BrNO. The Hall–Kier alpha value is -1.32. The van der Waals surface area contributed by atoms with Crippen molar-refractivity contribution in [3.05, 3.63) is 63.6 Å². The van der Waals surface area contributed by atoms with Crippen LogP contribution in [0.5, 0.6) is 0 Å². The first kappa shape index (κ1) is 14.1. The van der Waals surface area contributed by atoms with E-state index in [0.717, 1.165) is 15.7 Å². The van der Waals surface area contributed by atoms with Crippen LogP contribution in [0.25, 0.3) is 0 Å². The van der Waals surface area contributed by atoms with Crippen molar-refractivity contribution in [2.45, 2.75) is 20.0 Å². The molecule has 2 aromatic carbocycles. The van der Waals surface area contributed by atoms with Gasteiger partial charge in [0, 0.05) is 11.0 Å². The number of rotatable bonds is 4. The molecule has 1 unspecified atom stereocenters. The highest BCUT2D eigenvalue weighted by Gasteiger charge is 2.09. The summed E-state index contributed by atoms with van der Waals surface area (Å²) >= 11 is 3.56. The van der Waals surface area contributed by atoms with Gasteiger partial charge in [-0.3, -0.25) is 0 Å². The van der Waals surface area contributed by atoms with Gasteiger partial charge >= 0.3 is 0 Å². The van der Waals surface area contributed by atoms with Crippen LogP contribution in [0.1, 0.15) is 22.8 Å². The third kappa shape index (κ3) is 3.58. The molecule has 2 aromatic rings. The van der Waals surface area contributed by atoms with Gasteiger partial charge in [0.2, 0.25) is 0 Å². The zero-order chi connectivity index (χ0) is 13.8. The molecule has 2 rings (SSSR count). The van der Waals surface area contributed by atoms with Crippen LogP contribution >= 0.6 is 15.9 Å². The molecule has 0 fully saturated rings. The Labute approximate surface area is 122 Å². The molecule has 2 N–H and O–H groups in total. The smallest absolute Gasteiger partial charge is 0.0962 e. The van der Waals surface area contributed by atoms with Crippen molar-refractivity contribution in [3.8, 4) is 0 Å². The van der Waals surface area contributed by atoms with E-state index in [1.807, 2.05) is 30.3 Å². The quantitative estimate of drug-likeness (QED) is 0.884. The molecule has 0 aromatic heterocycles. The van der Waals surface area contributed by atoms with Crippen LogP contribution in [-0.4, -0.2) is 11.7 Å². The Morgan fingerprint density at radius 2 is 1.84 bits per heavy atom. The van der Waals surface area contributed by atoms with Gasteiger partial charge in [0.25, 0.3) is 0 Å². The Morgan fingerprint density at radius 3 is 2.47 bits per heavy atom. The summed E-state index contributed by atoms with van der Waals surface area (Å²) in [4.78, 5) is 0. The van der Waals surface area contributed by atoms with E-state index in [1.165, 1.54) is 11.1 Å². The highest BCUT2D eigenvalue weighted by molar-refractivity contribution is 9.10. The number of aliphatic hydroxyl groups excluding tert-OH is 1. The summed E-state index contributed by atoms with van der Waals surface area (Å²) in [6, 6.07) is 13.9. The number of hydrogen-bond acceptors (Lipinski definition) is 2. The van der Waals surface area contributed by atoms with E-state index in [2.05, 4.69) is 47.2 Å². The first-order valence-corrected chi connectivity index (χ1v) is 7.11. The number of aliphatic hydroxyl groups is 1. The lowest BCUT2D eigenvalue weighted by Crippen LogP contribution is -2.13. The fraction of sp³-hybridized carbons (Fsp3) is 0.250. The fourth-order valence-electron chi connectivity index (χ4n) is 2.13. The summed E-state index contributed by atoms with van der Waals surface area (Å²) in [5.41, 5.74) is 4.36. The van der Waals surface area contributed by atoms with E-state index in [-0.39, 0.29) is 0 Å². The number of nitrogens with one attached hydrogen (secondary N) is 1. The first-order valence-electron chi connectivity index (χ1n) is 6.31. The normalized spacial score (nSPS) is 12.2. The third-order valence-electron chi connectivity index (χ3n) is 3.09. The minimum Gasteiger partial charge on any atom is -0.387 e. The van der Waals surface area contributed by atoms with Gasteiger partial charge in [0.15, 0.2) is 0 Å². The van der Waals surface area contributed by atoms with Gasteiger partial charge in [-0.1, -0.05) is 36.4 Å². The maximum absolute atomic E-state index is 10.1. The molecule has 0 saturated heterocycles. The SMILES string of the molecule is Cc1cc(C)c(NCC(O)c2ccccc2)c(Br)c1. The molecule has 0 bridgehead atoms. The molecule has 0 radical (unpaired) electrons. The second kappa shape index (κ2) is 6.22. The van der Waals surface area contributed by atoms with Crippen molar-refractivity contribution >= 4 is 21.6 Å². The number of aryl methyl sites for hydroxylation is 2. The topological polar surface area (TPSA) is 32.3 Å². The van der Waals surface area contributed by atoms with Crippen LogP contribution in [0, 0.1) is 13.8 Å².